The topological polar surface area (TPSA) is 155 Å². The Labute approximate surface area is 198 Å². The van der Waals surface area contributed by atoms with Crippen LogP contribution in [0.15, 0.2) is 77.4 Å². The Morgan fingerprint density at radius 2 is 1.85 bits per heavy atom. The third-order valence-electron chi connectivity index (χ3n) is 5.06. The largest absolute Gasteiger partial charge is 0.489 e. The first-order chi connectivity index (χ1) is 16.1. The third-order valence-corrected chi connectivity index (χ3v) is 5.06. The number of hydrogen-bond donors (Lipinski definition) is 1. The van der Waals surface area contributed by atoms with Crippen molar-refractivity contribution in [2.75, 3.05) is 13.1 Å². The van der Waals surface area contributed by atoms with Crippen LogP contribution in [-0.2, 0) is 6.61 Å². The minimum Gasteiger partial charge on any atom is -0.489 e. The molecule has 10 heteroatoms. The van der Waals surface area contributed by atoms with Crippen molar-refractivity contribution in [2.45, 2.75) is 13.5 Å². The van der Waals surface area contributed by atoms with E-state index < -0.39 is 10.2 Å². The Hall–Kier alpha value is -3.52. The normalized spacial score (nSPS) is 16.8. The molecule has 4 rings (SSSR count). The zero-order valence-corrected chi connectivity index (χ0v) is 19.0. The van der Waals surface area contributed by atoms with Crippen LogP contribution in [0, 0.1) is 27.5 Å². The number of fused-ring (bicyclic) bond motifs is 1. The first-order valence-corrected chi connectivity index (χ1v) is 11.5. The minimum absolute atomic E-state index is 0.103. The summed E-state index contributed by atoms with van der Waals surface area (Å²) >= 11 is 0. The Kier molecular flexibility index (Phi) is 8.17. The van der Waals surface area contributed by atoms with Crippen molar-refractivity contribution in [2.24, 2.45) is 10.9 Å². The summed E-state index contributed by atoms with van der Waals surface area (Å²) in [5.41, 5.74) is 3.45. The van der Waals surface area contributed by atoms with E-state index in [1.807, 2.05) is 66.6 Å². The average Bonchev–Trinajstić information content (AvgIpc) is 2.81. The van der Waals surface area contributed by atoms with Crippen LogP contribution in [0.4, 0.5) is 0 Å². The molecule has 0 amide bonds. The van der Waals surface area contributed by atoms with Gasteiger partial charge in [0.15, 0.2) is 5.78 Å². The zero-order chi connectivity index (χ0) is 24.7. The smallest absolute Gasteiger partial charge is 0.169 e. The van der Waals surface area contributed by atoms with Gasteiger partial charge in [0.1, 0.15) is 18.2 Å². The Balaban J connectivity index is 0.000000588. The van der Waals surface area contributed by atoms with E-state index in [0.29, 0.717) is 36.6 Å². The number of allylic oxidation sites excluding steroid dienone is 2. The number of nitriles is 1. The molecule has 2 aliphatic rings. The molecule has 176 valence electrons. The lowest BCUT2D eigenvalue weighted by atomic mass is 9.95. The number of Topliss-reactive ketones (excluding diaryl/α,β-unsaturated/α-hetero) is 1. The lowest BCUT2D eigenvalue weighted by molar-refractivity contribution is -1.92. The maximum Gasteiger partial charge on any atom is 0.169 e. The summed E-state index contributed by atoms with van der Waals surface area (Å²) in [7, 11) is -4.69. The third kappa shape index (κ3) is 7.52. The Bertz CT molecular complexity index is 1140. The van der Waals surface area contributed by atoms with Gasteiger partial charge in [0.05, 0.1) is 39.0 Å². The van der Waals surface area contributed by atoms with E-state index in [9.17, 15) is 4.79 Å². The Morgan fingerprint density at radius 1 is 1.21 bits per heavy atom. The minimum atomic E-state index is -4.69. The van der Waals surface area contributed by atoms with E-state index in [4.69, 9.17) is 28.6 Å². The molecule has 0 aliphatic carbocycles. The lowest BCUT2D eigenvalue weighted by Crippen LogP contribution is -2.58. The molecular formula is C24H22ClN3O6. The van der Waals surface area contributed by atoms with Crippen LogP contribution in [0.1, 0.15) is 28.4 Å². The number of nitrogens with zero attached hydrogens (tertiary/aromatic N) is 3. The number of aliphatic imine (C=N–C) groups is 1. The van der Waals surface area contributed by atoms with E-state index >= 15 is 0 Å². The van der Waals surface area contributed by atoms with Crippen molar-refractivity contribution in [1.29, 1.82) is 5.26 Å². The molecule has 2 aliphatic heterocycles. The number of halogens is 1. The molecule has 0 fully saturated rings. The molecule has 9 nitrogen and oxygen atoms in total. The van der Waals surface area contributed by atoms with Gasteiger partial charge in [-0.1, -0.05) is 12.1 Å². The van der Waals surface area contributed by atoms with Gasteiger partial charge in [0.25, 0.3) is 0 Å². The van der Waals surface area contributed by atoms with E-state index in [1.54, 1.807) is 12.1 Å². The maximum atomic E-state index is 12.9. The van der Waals surface area contributed by atoms with Crippen LogP contribution in [0.3, 0.4) is 0 Å². The highest BCUT2D eigenvalue weighted by Gasteiger charge is 2.27. The zero-order valence-electron chi connectivity index (χ0n) is 18.3. The first-order valence-electron chi connectivity index (χ1n) is 10.2. The van der Waals surface area contributed by atoms with Crippen LogP contribution in [0.2, 0.25) is 0 Å². The molecule has 1 N–H and O–H groups in total. The number of hydrogen-bond acceptors (Lipinski definition) is 9. The fourth-order valence-corrected chi connectivity index (χ4v) is 3.37. The molecule has 0 aromatic heterocycles. The summed E-state index contributed by atoms with van der Waals surface area (Å²) in [6.07, 6.45) is 6.07. The van der Waals surface area contributed by atoms with Gasteiger partial charge in [-0.2, -0.15) is 19.2 Å². The SMILES string of the molecule is CC1=CC2=NCC(C(=O)c3ccc(OCc4ccc(C#N)cc4)cc3)CN2C=C1.[O-][Cl+3]([O-])([O-])O. The molecule has 2 aromatic carbocycles. The van der Waals surface area contributed by atoms with Crippen LogP contribution in [0.5, 0.6) is 5.75 Å². The number of ketones is 1. The van der Waals surface area contributed by atoms with Gasteiger partial charge in [-0.3, -0.25) is 9.79 Å². The second kappa shape index (κ2) is 11.1. The summed E-state index contributed by atoms with van der Waals surface area (Å²) in [5, 5.41) is 8.84. The number of ether oxygens (including phenoxy) is 1. The Morgan fingerprint density at radius 3 is 2.47 bits per heavy atom. The van der Waals surface area contributed by atoms with Gasteiger partial charge in [-0.05, 0) is 66.6 Å². The molecule has 2 heterocycles. The number of carbonyl (C=O) groups excluding carboxylic acids is 1. The van der Waals surface area contributed by atoms with Gasteiger partial charge in [0, 0.05) is 18.3 Å². The highest BCUT2D eigenvalue weighted by molar-refractivity contribution is 6.01. The second-order valence-electron chi connectivity index (χ2n) is 7.63. The molecule has 1 atom stereocenters. The van der Waals surface area contributed by atoms with E-state index in [0.717, 1.165) is 11.4 Å². The average molecular weight is 484 g/mol. The second-order valence-corrected chi connectivity index (χ2v) is 8.43. The van der Waals surface area contributed by atoms with Crippen molar-refractivity contribution in [3.8, 4) is 11.8 Å². The maximum absolute atomic E-state index is 12.9. The molecule has 0 saturated carbocycles. The fourth-order valence-electron chi connectivity index (χ4n) is 3.37. The molecular weight excluding hydrogens is 462 g/mol. The van der Waals surface area contributed by atoms with E-state index in [-0.39, 0.29) is 11.7 Å². The molecule has 2 aromatic rings. The summed E-state index contributed by atoms with van der Waals surface area (Å²) in [4.78, 5) is 19.5. The first kappa shape index (κ1) is 25.1. The molecule has 0 saturated heterocycles. The van der Waals surface area contributed by atoms with Crippen molar-refractivity contribution in [3.05, 3.63) is 89.1 Å². The van der Waals surface area contributed by atoms with Crippen molar-refractivity contribution in [1.82, 2.24) is 4.90 Å². The highest BCUT2D eigenvalue weighted by Crippen LogP contribution is 2.22. The van der Waals surface area contributed by atoms with Crippen LogP contribution >= 0.6 is 0 Å². The van der Waals surface area contributed by atoms with Crippen LogP contribution in [0.25, 0.3) is 0 Å². The summed E-state index contributed by atoms with van der Waals surface area (Å²) < 4.78 is 38.5. The van der Waals surface area contributed by atoms with Gasteiger partial charge >= 0.3 is 0 Å². The molecule has 0 spiro atoms. The summed E-state index contributed by atoms with van der Waals surface area (Å²) in [5.74, 6) is 1.58. The monoisotopic (exact) mass is 483 g/mol. The molecule has 0 bridgehead atoms. The number of amidine groups is 1. The highest BCUT2D eigenvalue weighted by atomic mass is 35.7. The predicted molar refractivity (Wildman–Crippen MR) is 114 cm³/mol. The van der Waals surface area contributed by atoms with Gasteiger partial charge < -0.3 is 9.64 Å². The number of benzene rings is 2. The van der Waals surface area contributed by atoms with E-state index in [1.165, 1.54) is 5.57 Å². The molecule has 34 heavy (non-hydrogen) atoms. The van der Waals surface area contributed by atoms with Crippen molar-refractivity contribution < 1.29 is 38.4 Å². The van der Waals surface area contributed by atoms with Crippen LogP contribution in [-0.4, -0.2) is 34.3 Å². The van der Waals surface area contributed by atoms with Gasteiger partial charge in [0.2, 0.25) is 0 Å². The quantitative estimate of drug-likeness (QED) is 0.582. The van der Waals surface area contributed by atoms with E-state index in [2.05, 4.69) is 11.1 Å². The summed E-state index contributed by atoms with van der Waals surface area (Å²) in [6, 6.07) is 16.7. The number of rotatable bonds is 5. The fraction of sp³-hybridized carbons (Fsp3) is 0.208. The van der Waals surface area contributed by atoms with Crippen molar-refractivity contribution >= 4 is 11.6 Å². The lowest BCUT2D eigenvalue weighted by Gasteiger charge is -2.31. The van der Waals surface area contributed by atoms with Crippen LogP contribution < -0.4 is 18.7 Å². The van der Waals surface area contributed by atoms with Crippen molar-refractivity contribution in [3.63, 3.8) is 0 Å². The predicted octanol–water partition coefficient (Wildman–Crippen LogP) is -0.000120. The standard InChI is InChI=1S/C24H21N3O2.ClHO4/c1-17-10-11-27-15-21(14-26-23(27)12-17)24(28)20-6-8-22(9-7-20)29-16-19-4-2-18(13-25)3-5-19;2-1(3,4)5/h2-12,21H,14-16H2,1H3;(H,2,3,4,5). The van der Waals surface area contributed by atoms with Gasteiger partial charge in [-0.15, -0.1) is 0 Å². The number of carbonyl (C=O) groups is 1. The molecule has 0 radical (unpaired) electrons. The van der Waals surface area contributed by atoms with Gasteiger partial charge in [-0.25, -0.2) is 0 Å². The summed E-state index contributed by atoms with van der Waals surface area (Å²) in [6.45, 7) is 3.61. The molecule has 1 unspecified atom stereocenters.